The number of pyridine rings is 4. The number of aryl methyl sites for hydroxylation is 2. The van der Waals surface area contributed by atoms with Crippen molar-refractivity contribution < 1.29 is 9.47 Å². The van der Waals surface area contributed by atoms with Gasteiger partial charge in [-0.25, -0.2) is 9.97 Å². The molecule has 0 unspecified atom stereocenters. The van der Waals surface area contributed by atoms with Crippen molar-refractivity contribution in [2.75, 3.05) is 13.2 Å². The zero-order valence-corrected chi connectivity index (χ0v) is 41.4. The summed E-state index contributed by atoms with van der Waals surface area (Å²) in [5, 5.41) is 4.84. The highest BCUT2D eigenvalue weighted by Crippen LogP contribution is 2.48. The Kier molecular flexibility index (Phi) is 12.7. The van der Waals surface area contributed by atoms with E-state index in [1.54, 1.807) is 0 Å². The topological polar surface area (TPSA) is 70.0 Å². The Balaban J connectivity index is 0.000000152. The van der Waals surface area contributed by atoms with Crippen LogP contribution in [-0.4, -0.2) is 33.1 Å². The molecule has 10 heteroatoms. The van der Waals surface area contributed by atoms with E-state index in [0.717, 1.165) is 126 Å². The largest absolute Gasteiger partial charge is 0.478 e. The molecule has 344 valence electrons. The van der Waals surface area contributed by atoms with Gasteiger partial charge in [0.15, 0.2) is 0 Å². The van der Waals surface area contributed by atoms with Crippen LogP contribution in [0.5, 0.6) is 11.8 Å². The van der Waals surface area contributed by atoms with Crippen molar-refractivity contribution in [1.29, 1.82) is 0 Å². The van der Waals surface area contributed by atoms with E-state index in [-0.39, 0.29) is 0 Å². The van der Waals surface area contributed by atoms with E-state index in [1.807, 2.05) is 98.8 Å². The van der Waals surface area contributed by atoms with Crippen LogP contribution in [0.15, 0.2) is 158 Å². The van der Waals surface area contributed by atoms with Gasteiger partial charge < -0.3 is 9.47 Å². The fraction of sp³-hybridized carbons (Fsp3) is 0.133. The van der Waals surface area contributed by atoms with Gasteiger partial charge in [0.25, 0.3) is 0 Å². The maximum atomic E-state index is 6.47. The number of ether oxygens (including phenoxy) is 2. The molecule has 4 aromatic heterocycles. The molecule has 10 aromatic rings. The van der Waals surface area contributed by atoms with E-state index < -0.39 is 0 Å². The Bertz CT molecular complexity index is 3370. The number of hydrogen-bond donors (Lipinski definition) is 0. The first-order valence-corrected chi connectivity index (χ1v) is 25.0. The lowest BCUT2D eigenvalue weighted by Crippen LogP contribution is -2.12. The van der Waals surface area contributed by atoms with Crippen molar-refractivity contribution in [3.63, 3.8) is 0 Å². The van der Waals surface area contributed by atoms with Gasteiger partial charge in [0, 0.05) is 65.2 Å². The number of hydrogen-bond acceptors (Lipinski definition) is 6. The van der Waals surface area contributed by atoms with Gasteiger partial charge in [-0.15, -0.1) is 0 Å². The van der Waals surface area contributed by atoms with Crippen LogP contribution in [0.1, 0.15) is 36.4 Å². The smallest absolute Gasteiger partial charge is 0.214 e. The van der Waals surface area contributed by atoms with E-state index in [4.69, 9.17) is 75.8 Å². The highest BCUT2D eigenvalue weighted by molar-refractivity contribution is 6.32. The predicted octanol–water partition coefficient (Wildman–Crippen LogP) is 16.9. The second-order valence-corrected chi connectivity index (χ2v) is 19.0. The van der Waals surface area contributed by atoms with Crippen LogP contribution in [-0.2, 0) is 25.7 Å². The average molecular weight is 995 g/mol. The number of aromatic nitrogens is 4. The van der Waals surface area contributed by atoms with Gasteiger partial charge in [0.05, 0.1) is 47.0 Å². The van der Waals surface area contributed by atoms with Crippen molar-refractivity contribution >= 4 is 68.2 Å². The molecule has 0 radical (unpaired) electrons. The second-order valence-electron chi connectivity index (χ2n) is 17.2. The van der Waals surface area contributed by atoms with Crippen LogP contribution in [0.3, 0.4) is 0 Å². The lowest BCUT2D eigenvalue weighted by Gasteiger charge is -2.26. The average Bonchev–Trinajstić information content (AvgIpc) is 3.38. The minimum atomic E-state index is 0.538. The summed E-state index contributed by atoms with van der Waals surface area (Å²) < 4.78 is 11.9. The van der Waals surface area contributed by atoms with Crippen molar-refractivity contribution in [2.24, 2.45) is 0 Å². The summed E-state index contributed by atoms with van der Waals surface area (Å²) in [6.45, 7) is 5.03. The van der Waals surface area contributed by atoms with E-state index in [2.05, 4.69) is 72.8 Å². The Hall–Kier alpha value is -6.80. The van der Waals surface area contributed by atoms with Crippen LogP contribution < -0.4 is 9.47 Å². The molecule has 0 saturated carbocycles. The molecular formula is C60H44Cl4N4O2. The third kappa shape index (κ3) is 8.75. The fourth-order valence-electron chi connectivity index (χ4n) is 9.97. The monoisotopic (exact) mass is 992 g/mol. The Morgan fingerprint density at radius 3 is 1.16 bits per heavy atom. The minimum Gasteiger partial charge on any atom is -0.478 e. The molecule has 70 heavy (non-hydrogen) atoms. The van der Waals surface area contributed by atoms with Crippen LogP contribution in [0, 0.1) is 0 Å². The Labute approximate surface area is 426 Å². The van der Waals surface area contributed by atoms with Gasteiger partial charge in [-0.3, -0.25) is 9.97 Å². The van der Waals surface area contributed by atoms with Gasteiger partial charge in [-0.05, 0) is 145 Å². The lowest BCUT2D eigenvalue weighted by atomic mass is 9.82. The SMILES string of the molecule is CCOc1cc(-c2ccc(Cl)cc2)c2c(n1)-c1c(nc3ccc(Cl)cc3c1-c1ccccc1)CC2.CCOc1cc(-c2ccc(Cl)cc2)c2c(n1)-c1c(nc3ccc(Cl)cc3c1-c1ccccc1)CC2. The summed E-state index contributed by atoms with van der Waals surface area (Å²) in [5.41, 5.74) is 19.2. The van der Waals surface area contributed by atoms with Crippen molar-refractivity contribution in [2.45, 2.75) is 39.5 Å². The molecule has 4 heterocycles. The number of nitrogens with zero attached hydrogens (tertiary/aromatic N) is 4. The molecule has 6 nitrogen and oxygen atoms in total. The number of fused-ring (bicyclic) bond motifs is 8. The standard InChI is InChI=1S/2C30H22Cl2N2O/c2*1-2-35-27-17-23(18-8-10-20(31)11-9-18)22-13-15-26-29(30(22)34-27)28(19-6-4-3-5-7-19)24-16-21(32)12-14-25(24)33-26/h2*3-12,14,16-17H,2,13,15H2,1H3. The van der Waals surface area contributed by atoms with E-state index in [9.17, 15) is 0 Å². The maximum absolute atomic E-state index is 6.47. The van der Waals surface area contributed by atoms with Gasteiger partial charge in [0.2, 0.25) is 11.8 Å². The summed E-state index contributed by atoms with van der Waals surface area (Å²) in [7, 11) is 0. The molecule has 2 aliphatic rings. The fourth-order valence-corrected chi connectivity index (χ4v) is 10.6. The van der Waals surface area contributed by atoms with Crippen molar-refractivity contribution in [3.05, 3.63) is 200 Å². The van der Waals surface area contributed by atoms with Gasteiger partial charge in [0.1, 0.15) is 0 Å². The molecule has 0 bridgehead atoms. The van der Waals surface area contributed by atoms with Gasteiger partial charge in [-0.2, -0.15) is 0 Å². The predicted molar refractivity (Wildman–Crippen MR) is 289 cm³/mol. The molecule has 0 aliphatic heterocycles. The lowest BCUT2D eigenvalue weighted by molar-refractivity contribution is 0.327. The van der Waals surface area contributed by atoms with Gasteiger partial charge in [-0.1, -0.05) is 131 Å². The molecule has 0 N–H and O–H groups in total. The molecule has 0 amide bonds. The normalized spacial score (nSPS) is 12.3. The zero-order valence-electron chi connectivity index (χ0n) is 38.4. The zero-order chi connectivity index (χ0) is 47.9. The van der Waals surface area contributed by atoms with Crippen LogP contribution in [0.25, 0.3) is 88.8 Å². The molecule has 0 fully saturated rings. The van der Waals surface area contributed by atoms with E-state index in [0.29, 0.717) is 45.1 Å². The van der Waals surface area contributed by atoms with E-state index >= 15 is 0 Å². The molecule has 6 aromatic carbocycles. The summed E-state index contributed by atoms with van der Waals surface area (Å²) >= 11 is 25.3. The first-order chi connectivity index (χ1) is 34.2. The molecule has 0 saturated heterocycles. The molecule has 2 aliphatic carbocycles. The highest BCUT2D eigenvalue weighted by atomic mass is 35.5. The van der Waals surface area contributed by atoms with E-state index in [1.165, 1.54) is 11.1 Å². The molecular weight excluding hydrogens is 950 g/mol. The number of halogens is 4. The Morgan fingerprint density at radius 2 is 0.771 bits per heavy atom. The highest BCUT2D eigenvalue weighted by Gasteiger charge is 2.30. The van der Waals surface area contributed by atoms with Crippen LogP contribution in [0.2, 0.25) is 20.1 Å². The van der Waals surface area contributed by atoms with Crippen LogP contribution >= 0.6 is 46.4 Å². The molecule has 12 rings (SSSR count). The Morgan fingerprint density at radius 1 is 0.386 bits per heavy atom. The first-order valence-electron chi connectivity index (χ1n) is 23.5. The second kappa shape index (κ2) is 19.5. The summed E-state index contributed by atoms with van der Waals surface area (Å²) in [6, 6.07) is 52.7. The molecule has 0 atom stereocenters. The summed E-state index contributed by atoms with van der Waals surface area (Å²) in [4.78, 5) is 20.2. The quantitative estimate of drug-likeness (QED) is 0.151. The van der Waals surface area contributed by atoms with Crippen molar-refractivity contribution in [3.8, 4) is 78.8 Å². The summed E-state index contributed by atoms with van der Waals surface area (Å²) in [6.07, 6.45) is 3.36. The maximum Gasteiger partial charge on any atom is 0.214 e. The molecule has 0 spiro atoms. The third-order valence-electron chi connectivity index (χ3n) is 13.0. The first kappa shape index (κ1) is 45.6. The van der Waals surface area contributed by atoms with Gasteiger partial charge >= 0.3 is 0 Å². The summed E-state index contributed by atoms with van der Waals surface area (Å²) in [5.74, 6) is 1.21. The third-order valence-corrected chi connectivity index (χ3v) is 13.9. The van der Waals surface area contributed by atoms with Crippen LogP contribution in [0.4, 0.5) is 0 Å². The minimum absolute atomic E-state index is 0.538. The number of benzene rings is 6. The number of rotatable bonds is 8. The van der Waals surface area contributed by atoms with Crippen molar-refractivity contribution in [1.82, 2.24) is 19.9 Å².